The summed E-state index contributed by atoms with van der Waals surface area (Å²) in [5.74, 6) is 0.808. The summed E-state index contributed by atoms with van der Waals surface area (Å²) < 4.78 is 5.22. The Labute approximate surface area is 93.2 Å². The third-order valence-electron chi connectivity index (χ3n) is 3.75. The molecule has 0 aromatic rings. The molecule has 0 spiro atoms. The topological polar surface area (TPSA) is 24.5 Å². The fraction of sp³-hybridized carbons (Fsp3) is 1.00. The minimum Gasteiger partial charge on any atom is -0.384 e. The van der Waals surface area contributed by atoms with Crippen molar-refractivity contribution in [3.05, 3.63) is 0 Å². The fourth-order valence-corrected chi connectivity index (χ4v) is 2.80. The summed E-state index contributed by atoms with van der Waals surface area (Å²) >= 11 is 0. The molecule has 0 aliphatic carbocycles. The highest BCUT2D eigenvalue weighted by atomic mass is 16.5. The molecule has 2 rings (SSSR count). The number of piperidine rings is 1. The first-order valence-corrected chi connectivity index (χ1v) is 6.33. The number of nitrogens with zero attached hydrogens (tertiary/aromatic N) is 1. The summed E-state index contributed by atoms with van der Waals surface area (Å²) in [7, 11) is 1.81. The third kappa shape index (κ3) is 3.44. The first-order chi connectivity index (χ1) is 7.38. The van der Waals surface area contributed by atoms with Crippen LogP contribution in [0.2, 0.25) is 0 Å². The first kappa shape index (κ1) is 11.4. The molecular weight excluding hydrogens is 188 g/mol. The van der Waals surface area contributed by atoms with Crippen molar-refractivity contribution >= 4 is 0 Å². The van der Waals surface area contributed by atoms with Gasteiger partial charge >= 0.3 is 0 Å². The molecule has 2 fully saturated rings. The summed E-state index contributed by atoms with van der Waals surface area (Å²) in [4.78, 5) is 2.62. The molecule has 2 aliphatic rings. The lowest BCUT2D eigenvalue weighted by Gasteiger charge is -2.33. The van der Waals surface area contributed by atoms with Crippen LogP contribution in [0.25, 0.3) is 0 Å². The summed E-state index contributed by atoms with van der Waals surface area (Å²) in [6, 6.07) is 0.768. The van der Waals surface area contributed by atoms with Crippen LogP contribution in [-0.2, 0) is 4.74 Å². The zero-order valence-electron chi connectivity index (χ0n) is 9.87. The average Bonchev–Trinajstić information content (AvgIpc) is 2.74. The molecule has 88 valence electrons. The van der Waals surface area contributed by atoms with E-state index in [1.54, 1.807) is 0 Å². The Hall–Kier alpha value is -0.120. The number of likely N-dealkylation sites (tertiary alicyclic amines) is 1. The quantitative estimate of drug-likeness (QED) is 0.755. The van der Waals surface area contributed by atoms with Gasteiger partial charge in [0.15, 0.2) is 0 Å². The van der Waals surface area contributed by atoms with Gasteiger partial charge in [0.1, 0.15) is 0 Å². The molecule has 3 nitrogen and oxygen atoms in total. The monoisotopic (exact) mass is 212 g/mol. The van der Waals surface area contributed by atoms with Crippen LogP contribution in [0.15, 0.2) is 0 Å². The molecule has 15 heavy (non-hydrogen) atoms. The van der Waals surface area contributed by atoms with E-state index in [0.29, 0.717) is 0 Å². The van der Waals surface area contributed by atoms with Gasteiger partial charge in [-0.05, 0) is 51.2 Å². The van der Waals surface area contributed by atoms with Gasteiger partial charge in [0.2, 0.25) is 0 Å². The Kier molecular flexibility index (Phi) is 4.42. The van der Waals surface area contributed by atoms with E-state index in [1.807, 2.05) is 7.11 Å². The fourth-order valence-electron chi connectivity index (χ4n) is 2.80. The summed E-state index contributed by atoms with van der Waals surface area (Å²) in [6.07, 6.45) is 5.38. The number of ether oxygens (including phenoxy) is 1. The molecular formula is C12H24N2O. The third-order valence-corrected chi connectivity index (χ3v) is 3.75. The average molecular weight is 212 g/mol. The van der Waals surface area contributed by atoms with Crippen LogP contribution in [0.5, 0.6) is 0 Å². The molecule has 0 radical (unpaired) electrons. The minimum atomic E-state index is 0.768. The molecule has 3 heteroatoms. The van der Waals surface area contributed by atoms with Crippen molar-refractivity contribution in [2.45, 2.75) is 31.7 Å². The molecule has 2 aliphatic heterocycles. The van der Waals surface area contributed by atoms with Crippen molar-refractivity contribution in [3.63, 3.8) is 0 Å². The van der Waals surface area contributed by atoms with Crippen molar-refractivity contribution in [1.29, 1.82) is 0 Å². The number of hydrogen-bond acceptors (Lipinski definition) is 3. The predicted molar refractivity (Wildman–Crippen MR) is 62.1 cm³/mol. The summed E-state index contributed by atoms with van der Waals surface area (Å²) in [5, 5.41) is 3.57. The first-order valence-electron chi connectivity index (χ1n) is 6.33. The predicted octanol–water partition coefficient (Wildman–Crippen LogP) is 1.10. The second-order valence-electron chi connectivity index (χ2n) is 4.99. The Morgan fingerprint density at radius 1 is 1.27 bits per heavy atom. The Morgan fingerprint density at radius 3 is 2.67 bits per heavy atom. The lowest BCUT2D eigenvalue weighted by Crippen LogP contribution is -2.42. The maximum absolute atomic E-state index is 5.22. The van der Waals surface area contributed by atoms with Crippen molar-refractivity contribution < 1.29 is 4.74 Å². The highest BCUT2D eigenvalue weighted by Crippen LogP contribution is 2.18. The van der Waals surface area contributed by atoms with Gasteiger partial charge < -0.3 is 15.0 Å². The smallest absolute Gasteiger partial charge is 0.0491 e. The van der Waals surface area contributed by atoms with E-state index >= 15 is 0 Å². The van der Waals surface area contributed by atoms with Crippen LogP contribution in [0, 0.1) is 5.92 Å². The molecule has 0 amide bonds. The minimum absolute atomic E-state index is 0.768. The van der Waals surface area contributed by atoms with Crippen LogP contribution in [0.4, 0.5) is 0 Å². The van der Waals surface area contributed by atoms with E-state index in [4.69, 9.17) is 4.74 Å². The van der Waals surface area contributed by atoms with E-state index in [1.165, 1.54) is 51.9 Å². The molecule has 0 aromatic heterocycles. The maximum atomic E-state index is 5.22. The van der Waals surface area contributed by atoms with E-state index in [2.05, 4.69) is 10.2 Å². The molecule has 2 heterocycles. The van der Waals surface area contributed by atoms with Gasteiger partial charge in [0.05, 0.1) is 0 Å². The normalized spacial score (nSPS) is 29.8. The van der Waals surface area contributed by atoms with E-state index in [9.17, 15) is 0 Å². The molecule has 1 unspecified atom stereocenters. The molecule has 1 atom stereocenters. The number of nitrogens with one attached hydrogen (secondary N) is 1. The molecule has 1 N–H and O–H groups in total. The van der Waals surface area contributed by atoms with Crippen LogP contribution in [0.1, 0.15) is 25.7 Å². The number of methoxy groups -OCH3 is 1. The van der Waals surface area contributed by atoms with Crippen molar-refractivity contribution in [3.8, 4) is 0 Å². The lowest BCUT2D eigenvalue weighted by atomic mass is 9.97. The molecule has 2 saturated heterocycles. The highest BCUT2D eigenvalue weighted by molar-refractivity contribution is 4.80. The molecule has 0 aromatic carbocycles. The highest BCUT2D eigenvalue weighted by Gasteiger charge is 2.22. The molecule has 0 saturated carbocycles. The van der Waals surface area contributed by atoms with Crippen molar-refractivity contribution in [1.82, 2.24) is 10.2 Å². The van der Waals surface area contributed by atoms with Gasteiger partial charge in [-0.15, -0.1) is 0 Å². The Bertz CT molecular complexity index is 172. The van der Waals surface area contributed by atoms with Gasteiger partial charge in [0, 0.05) is 26.3 Å². The Balaban J connectivity index is 1.64. The zero-order valence-corrected chi connectivity index (χ0v) is 9.87. The van der Waals surface area contributed by atoms with E-state index < -0.39 is 0 Å². The van der Waals surface area contributed by atoms with E-state index in [-0.39, 0.29) is 0 Å². The van der Waals surface area contributed by atoms with Gasteiger partial charge in [-0.3, -0.25) is 0 Å². The number of rotatable bonds is 4. The van der Waals surface area contributed by atoms with Crippen molar-refractivity contribution in [2.75, 3.05) is 39.9 Å². The largest absolute Gasteiger partial charge is 0.384 e. The number of hydrogen-bond donors (Lipinski definition) is 1. The molecule has 0 bridgehead atoms. The standard InChI is InChI=1S/C12H24N2O/c1-15-10-11-4-7-14(8-5-11)9-12-3-2-6-13-12/h11-13H,2-10H2,1H3. The SMILES string of the molecule is COCC1CCN(CC2CCCN2)CC1. The van der Waals surface area contributed by atoms with Crippen LogP contribution >= 0.6 is 0 Å². The second-order valence-corrected chi connectivity index (χ2v) is 4.99. The lowest BCUT2D eigenvalue weighted by molar-refractivity contribution is 0.0962. The van der Waals surface area contributed by atoms with Crippen LogP contribution in [0.3, 0.4) is 0 Å². The van der Waals surface area contributed by atoms with Crippen LogP contribution in [-0.4, -0.2) is 50.8 Å². The zero-order chi connectivity index (χ0) is 10.5. The van der Waals surface area contributed by atoms with Gasteiger partial charge in [0.25, 0.3) is 0 Å². The van der Waals surface area contributed by atoms with Gasteiger partial charge in [-0.1, -0.05) is 0 Å². The van der Waals surface area contributed by atoms with Gasteiger partial charge in [-0.25, -0.2) is 0 Å². The maximum Gasteiger partial charge on any atom is 0.0491 e. The van der Waals surface area contributed by atoms with Crippen molar-refractivity contribution in [2.24, 2.45) is 5.92 Å². The Morgan fingerprint density at radius 2 is 2.07 bits per heavy atom. The second kappa shape index (κ2) is 5.83. The van der Waals surface area contributed by atoms with Crippen LogP contribution < -0.4 is 5.32 Å². The summed E-state index contributed by atoms with van der Waals surface area (Å²) in [5.41, 5.74) is 0. The van der Waals surface area contributed by atoms with Gasteiger partial charge in [-0.2, -0.15) is 0 Å². The van der Waals surface area contributed by atoms with E-state index in [0.717, 1.165) is 18.6 Å². The summed E-state index contributed by atoms with van der Waals surface area (Å²) in [6.45, 7) is 5.98.